The number of amides is 1. The number of carbonyl (C=O) groups excluding carboxylic acids is 1. The largest absolute Gasteiger partial charge is 0.395 e. The summed E-state index contributed by atoms with van der Waals surface area (Å²) in [6, 6.07) is 8.06. The van der Waals surface area contributed by atoms with Crippen molar-refractivity contribution in [2.45, 2.75) is 32.4 Å². The second-order valence-electron chi connectivity index (χ2n) is 5.27. The van der Waals surface area contributed by atoms with Crippen molar-refractivity contribution >= 4 is 11.6 Å². The maximum Gasteiger partial charge on any atom is 0.244 e. The Morgan fingerprint density at radius 1 is 1.53 bits per heavy atom. The number of aliphatic hydroxyl groups is 1. The van der Waals surface area contributed by atoms with E-state index in [1.165, 1.54) is 5.56 Å². The van der Waals surface area contributed by atoms with Crippen molar-refractivity contribution in [3.05, 3.63) is 29.8 Å². The van der Waals surface area contributed by atoms with Crippen LogP contribution in [0.25, 0.3) is 0 Å². The third kappa shape index (κ3) is 2.65. The van der Waals surface area contributed by atoms with Crippen molar-refractivity contribution in [2.24, 2.45) is 0 Å². The summed E-state index contributed by atoms with van der Waals surface area (Å²) in [6.07, 6.45) is 0.915. The predicted molar refractivity (Wildman–Crippen MR) is 76.3 cm³/mol. The van der Waals surface area contributed by atoms with Gasteiger partial charge in [0.15, 0.2) is 0 Å². The van der Waals surface area contributed by atoms with Gasteiger partial charge in [-0.15, -0.1) is 0 Å². The van der Waals surface area contributed by atoms with Crippen molar-refractivity contribution in [2.75, 3.05) is 25.1 Å². The molecular formula is C15H22N2O2. The molecule has 4 nitrogen and oxygen atoms in total. The van der Waals surface area contributed by atoms with Gasteiger partial charge in [-0.25, -0.2) is 0 Å². The van der Waals surface area contributed by atoms with Gasteiger partial charge >= 0.3 is 0 Å². The molecule has 0 radical (unpaired) electrons. The molecule has 19 heavy (non-hydrogen) atoms. The summed E-state index contributed by atoms with van der Waals surface area (Å²) >= 11 is 0. The summed E-state index contributed by atoms with van der Waals surface area (Å²) in [6.45, 7) is 4.55. The van der Waals surface area contributed by atoms with Gasteiger partial charge in [-0.05, 0) is 38.9 Å². The molecule has 1 heterocycles. The zero-order chi connectivity index (χ0) is 14.0. The highest BCUT2D eigenvalue weighted by molar-refractivity contribution is 5.99. The molecule has 0 saturated carbocycles. The molecular weight excluding hydrogens is 240 g/mol. The van der Waals surface area contributed by atoms with Gasteiger partial charge in [0.1, 0.15) is 0 Å². The summed E-state index contributed by atoms with van der Waals surface area (Å²) in [7, 11) is 1.87. The summed E-state index contributed by atoms with van der Waals surface area (Å²) in [4.78, 5) is 16.4. The lowest BCUT2D eigenvalue weighted by Gasteiger charge is -2.30. The number of anilines is 1. The Bertz CT molecular complexity index is 461. The first-order valence-electron chi connectivity index (χ1n) is 6.78. The van der Waals surface area contributed by atoms with Gasteiger partial charge in [0.25, 0.3) is 0 Å². The third-order valence-corrected chi connectivity index (χ3v) is 3.92. The zero-order valence-electron chi connectivity index (χ0n) is 11.8. The van der Waals surface area contributed by atoms with E-state index in [4.69, 9.17) is 5.11 Å². The number of aliphatic hydroxyl groups excluding tert-OH is 1. The van der Waals surface area contributed by atoms with Gasteiger partial charge in [0.2, 0.25) is 5.91 Å². The SMILES string of the molecule is CC(C(=O)N1c2ccccc2CC1C)N(C)CCO. The van der Waals surface area contributed by atoms with E-state index >= 15 is 0 Å². The number of benzene rings is 1. The molecule has 0 fully saturated rings. The molecule has 0 bridgehead atoms. The molecule has 0 spiro atoms. The Morgan fingerprint density at radius 3 is 2.89 bits per heavy atom. The van der Waals surface area contributed by atoms with Crippen molar-refractivity contribution in [3.63, 3.8) is 0 Å². The Hall–Kier alpha value is -1.39. The first-order chi connectivity index (χ1) is 9.06. The maximum absolute atomic E-state index is 12.6. The monoisotopic (exact) mass is 262 g/mol. The molecule has 1 aliphatic heterocycles. The van der Waals surface area contributed by atoms with Crippen LogP contribution in [0, 0.1) is 0 Å². The number of rotatable bonds is 4. The Morgan fingerprint density at radius 2 is 2.21 bits per heavy atom. The average Bonchev–Trinajstić information content (AvgIpc) is 2.73. The fourth-order valence-electron chi connectivity index (χ4n) is 2.64. The van der Waals surface area contributed by atoms with Crippen LogP contribution >= 0.6 is 0 Å². The molecule has 0 aliphatic carbocycles. The van der Waals surface area contributed by atoms with E-state index in [0.29, 0.717) is 6.54 Å². The number of likely N-dealkylation sites (N-methyl/N-ethyl adjacent to an activating group) is 1. The van der Waals surface area contributed by atoms with Gasteiger partial charge in [0.05, 0.1) is 12.6 Å². The molecule has 1 aromatic carbocycles. The van der Waals surface area contributed by atoms with E-state index in [2.05, 4.69) is 13.0 Å². The number of hydrogen-bond donors (Lipinski definition) is 1. The van der Waals surface area contributed by atoms with Gasteiger partial charge in [-0.1, -0.05) is 18.2 Å². The summed E-state index contributed by atoms with van der Waals surface area (Å²) in [5.74, 6) is 0.105. The van der Waals surface area contributed by atoms with Gasteiger partial charge < -0.3 is 10.0 Å². The van der Waals surface area contributed by atoms with Crippen molar-refractivity contribution in [3.8, 4) is 0 Å². The minimum atomic E-state index is -0.222. The highest BCUT2D eigenvalue weighted by Crippen LogP contribution is 2.32. The Kier molecular flexibility index (Phi) is 4.22. The second kappa shape index (κ2) is 5.72. The molecule has 1 amide bonds. The lowest BCUT2D eigenvalue weighted by atomic mass is 10.1. The highest BCUT2D eigenvalue weighted by atomic mass is 16.3. The van der Waals surface area contributed by atoms with Crippen molar-refractivity contribution in [1.29, 1.82) is 0 Å². The molecule has 2 rings (SSSR count). The first kappa shape index (κ1) is 14.0. The minimum Gasteiger partial charge on any atom is -0.395 e. The van der Waals surface area contributed by atoms with Crippen LogP contribution in [-0.2, 0) is 11.2 Å². The fourth-order valence-corrected chi connectivity index (χ4v) is 2.64. The Balaban J connectivity index is 2.20. The summed E-state index contributed by atoms with van der Waals surface area (Å²) < 4.78 is 0. The van der Waals surface area contributed by atoms with E-state index < -0.39 is 0 Å². The second-order valence-corrected chi connectivity index (χ2v) is 5.27. The predicted octanol–water partition coefficient (Wildman–Crippen LogP) is 1.28. The van der Waals surface area contributed by atoms with Crippen molar-refractivity contribution in [1.82, 2.24) is 4.90 Å². The normalized spacial score (nSPS) is 19.6. The van der Waals surface area contributed by atoms with Crippen LogP contribution in [0.2, 0.25) is 0 Å². The van der Waals surface area contributed by atoms with Crippen LogP contribution in [-0.4, -0.2) is 48.2 Å². The number of para-hydroxylation sites is 1. The molecule has 2 atom stereocenters. The molecule has 1 aromatic rings. The van der Waals surface area contributed by atoms with Gasteiger partial charge in [0, 0.05) is 18.3 Å². The maximum atomic E-state index is 12.6. The van der Waals surface area contributed by atoms with Crippen LogP contribution in [0.4, 0.5) is 5.69 Å². The average molecular weight is 262 g/mol. The molecule has 1 N–H and O–H groups in total. The molecule has 1 aliphatic rings. The van der Waals surface area contributed by atoms with Crippen LogP contribution < -0.4 is 4.90 Å². The number of fused-ring (bicyclic) bond motifs is 1. The van der Waals surface area contributed by atoms with E-state index in [1.54, 1.807) is 0 Å². The summed E-state index contributed by atoms with van der Waals surface area (Å²) in [5.41, 5.74) is 2.27. The van der Waals surface area contributed by atoms with E-state index in [-0.39, 0.29) is 24.6 Å². The van der Waals surface area contributed by atoms with Crippen LogP contribution in [0.3, 0.4) is 0 Å². The quantitative estimate of drug-likeness (QED) is 0.889. The Labute approximate surface area is 114 Å². The van der Waals surface area contributed by atoms with E-state index in [0.717, 1.165) is 12.1 Å². The van der Waals surface area contributed by atoms with Gasteiger partial charge in [-0.3, -0.25) is 9.69 Å². The van der Waals surface area contributed by atoms with Crippen molar-refractivity contribution < 1.29 is 9.90 Å². The lowest BCUT2D eigenvalue weighted by Crippen LogP contribution is -2.48. The van der Waals surface area contributed by atoms with E-state index in [9.17, 15) is 4.79 Å². The van der Waals surface area contributed by atoms with Gasteiger partial charge in [-0.2, -0.15) is 0 Å². The van der Waals surface area contributed by atoms with Crippen LogP contribution in [0.1, 0.15) is 19.4 Å². The number of carbonyl (C=O) groups is 1. The number of hydrogen-bond acceptors (Lipinski definition) is 3. The first-order valence-corrected chi connectivity index (χ1v) is 6.78. The standard InChI is InChI=1S/C15H22N2O2/c1-11-10-13-6-4-5-7-14(13)17(11)15(19)12(2)16(3)8-9-18/h4-7,11-12,18H,8-10H2,1-3H3. The number of nitrogens with zero attached hydrogens (tertiary/aromatic N) is 2. The zero-order valence-corrected chi connectivity index (χ0v) is 11.8. The lowest BCUT2D eigenvalue weighted by molar-refractivity contribution is -0.123. The fraction of sp³-hybridized carbons (Fsp3) is 0.533. The topological polar surface area (TPSA) is 43.8 Å². The molecule has 0 saturated heterocycles. The van der Waals surface area contributed by atoms with Crippen LogP contribution in [0.5, 0.6) is 0 Å². The molecule has 104 valence electrons. The molecule has 0 aromatic heterocycles. The smallest absolute Gasteiger partial charge is 0.244 e. The highest BCUT2D eigenvalue weighted by Gasteiger charge is 2.33. The minimum absolute atomic E-state index is 0.0697. The molecule has 2 unspecified atom stereocenters. The van der Waals surface area contributed by atoms with E-state index in [1.807, 2.05) is 42.0 Å². The summed E-state index contributed by atoms with van der Waals surface area (Å²) in [5, 5.41) is 8.98. The molecule has 4 heteroatoms. The third-order valence-electron chi connectivity index (χ3n) is 3.92. The van der Waals surface area contributed by atoms with Crippen LogP contribution in [0.15, 0.2) is 24.3 Å².